The van der Waals surface area contributed by atoms with Crippen molar-refractivity contribution in [2.24, 2.45) is 11.3 Å². The minimum atomic E-state index is -5.26. The lowest BCUT2D eigenvalue weighted by Crippen LogP contribution is -2.39. The van der Waals surface area contributed by atoms with Gasteiger partial charge in [0.1, 0.15) is 35.6 Å². The molecule has 0 radical (unpaired) electrons. The maximum Gasteiger partial charge on any atom is 0.481 e. The highest BCUT2D eigenvalue weighted by Crippen LogP contribution is 2.61. The molecule has 2 aromatic heterocycles. The van der Waals surface area contributed by atoms with Crippen molar-refractivity contribution in [2.75, 3.05) is 18.9 Å². The summed E-state index contributed by atoms with van der Waals surface area (Å²) in [6.45, 7) is 4.50. The van der Waals surface area contributed by atoms with Gasteiger partial charge in [0, 0.05) is 37.0 Å². The second-order valence-corrected chi connectivity index (χ2v) is 15.6. The number of rotatable bonds is 21. The number of nitrogen functional groups attached to an aromatic ring is 1. The van der Waals surface area contributed by atoms with Crippen molar-refractivity contribution in [3.8, 4) is 0 Å². The number of ether oxygens (including phenoxy) is 1. The van der Waals surface area contributed by atoms with E-state index in [1.165, 1.54) is 38.0 Å². The highest BCUT2D eigenvalue weighted by molar-refractivity contribution is 7.61. The molecule has 2 aromatic rings. The Hall–Kier alpha value is -2.50. The first-order valence-electron chi connectivity index (χ1n) is 15.5. The number of aliphatic hydroxyl groups excluding tert-OH is 2. The normalized spacial score (nSPS) is 23.1. The molecule has 18 nitrogen and oxygen atoms in total. The van der Waals surface area contributed by atoms with Gasteiger partial charge in [0.05, 0.1) is 25.6 Å². The standard InChI is InChI=1S/C28H45N5O13P2/c1-17(34)9-6-5-7-10-19(35)11-8-12-20(36)24(38)28(3,4)14-44-48(41,42)46-47(39,40)43-13-21-18(2)23(37)27(45-21)33-16-32-22-25(29)30-15-31-26(22)33/h15-16,18,21,23-24,27,37-38H,5-14H2,1-4H3,(H,39,40)(H,41,42)(H2,29,30,31)/t18?,21?,23?,24-,27?/m0/s1. The third-order valence-corrected chi connectivity index (χ3v) is 10.6. The molecule has 1 fully saturated rings. The van der Waals surface area contributed by atoms with Crippen molar-refractivity contribution in [1.82, 2.24) is 19.5 Å². The fourth-order valence-corrected chi connectivity index (χ4v) is 7.29. The number of fused-ring (bicyclic) bond motifs is 1. The summed E-state index contributed by atoms with van der Waals surface area (Å²) in [6.07, 6.45) is 0.938. The third kappa shape index (κ3) is 11.3. The van der Waals surface area contributed by atoms with Crippen LogP contribution in [0.3, 0.4) is 0 Å². The Morgan fingerprint density at radius 1 is 1.02 bits per heavy atom. The number of carbonyl (C=O) groups is 3. The summed E-state index contributed by atoms with van der Waals surface area (Å²) in [4.78, 5) is 67.9. The zero-order valence-electron chi connectivity index (χ0n) is 27.3. The second-order valence-electron chi connectivity index (χ2n) is 12.6. The SMILES string of the molecule is CC(=O)CCCCCC(=O)CCCC(=O)[C@H](O)C(C)(C)COP(=O)(O)OP(=O)(O)OCC1OC(n2cnc3c(N)ncnc32)C(O)C1C. The van der Waals surface area contributed by atoms with Crippen LogP contribution in [0.25, 0.3) is 11.2 Å². The molecule has 3 heterocycles. The van der Waals surface area contributed by atoms with Crippen LogP contribution in [0, 0.1) is 11.3 Å². The van der Waals surface area contributed by atoms with Crippen LogP contribution >= 0.6 is 15.6 Å². The van der Waals surface area contributed by atoms with E-state index in [2.05, 4.69) is 19.3 Å². The van der Waals surface area contributed by atoms with E-state index in [0.29, 0.717) is 19.3 Å². The number of unbranched alkanes of at least 4 members (excludes halogenated alkanes) is 2. The molecule has 0 bridgehead atoms. The number of phosphoric ester groups is 2. The maximum atomic E-state index is 12.6. The van der Waals surface area contributed by atoms with E-state index in [1.807, 2.05) is 0 Å². The molecule has 0 aromatic carbocycles. The van der Waals surface area contributed by atoms with Crippen molar-refractivity contribution < 1.29 is 61.6 Å². The number of Topliss-reactive ketones (excluding diaryl/α,β-unsaturated/α-hetero) is 3. The van der Waals surface area contributed by atoms with Gasteiger partial charge >= 0.3 is 15.6 Å². The average molecular weight is 722 g/mol. The molecule has 0 amide bonds. The van der Waals surface area contributed by atoms with E-state index >= 15 is 0 Å². The molecule has 0 aliphatic carbocycles. The van der Waals surface area contributed by atoms with Crippen LogP contribution in [0.2, 0.25) is 0 Å². The molecule has 6 unspecified atom stereocenters. The lowest BCUT2D eigenvalue weighted by Gasteiger charge is -2.30. The molecule has 1 aliphatic rings. The largest absolute Gasteiger partial charge is 0.481 e. The van der Waals surface area contributed by atoms with E-state index in [-0.39, 0.29) is 47.8 Å². The van der Waals surface area contributed by atoms with E-state index < -0.39 is 70.5 Å². The molecule has 0 spiro atoms. The van der Waals surface area contributed by atoms with Crippen molar-refractivity contribution >= 4 is 50.0 Å². The minimum Gasteiger partial charge on any atom is -0.388 e. The number of phosphoric acid groups is 2. The number of ketones is 3. The Morgan fingerprint density at radius 3 is 2.35 bits per heavy atom. The summed E-state index contributed by atoms with van der Waals surface area (Å²) >= 11 is 0. The number of anilines is 1. The molecule has 3 rings (SSSR count). The molecular weight excluding hydrogens is 676 g/mol. The number of nitrogens with two attached hydrogens (primary N) is 1. The number of imidazole rings is 1. The topological polar surface area (TPSA) is 273 Å². The zero-order valence-corrected chi connectivity index (χ0v) is 29.1. The highest BCUT2D eigenvalue weighted by atomic mass is 31.3. The quantitative estimate of drug-likeness (QED) is 0.0915. The first-order chi connectivity index (χ1) is 22.3. The summed E-state index contributed by atoms with van der Waals surface area (Å²) in [5.41, 5.74) is 4.95. The van der Waals surface area contributed by atoms with Crippen molar-refractivity contribution in [2.45, 2.75) is 104 Å². The summed E-state index contributed by atoms with van der Waals surface area (Å²) in [5.74, 6) is -1.08. The van der Waals surface area contributed by atoms with Crippen LogP contribution in [0.1, 0.15) is 85.3 Å². The third-order valence-electron chi connectivity index (χ3n) is 8.01. The molecule has 6 N–H and O–H groups in total. The summed E-state index contributed by atoms with van der Waals surface area (Å²) in [5, 5.41) is 21.3. The molecule has 20 heteroatoms. The number of hydrogen-bond acceptors (Lipinski definition) is 15. The van der Waals surface area contributed by atoms with Gasteiger partial charge in [0.2, 0.25) is 0 Å². The minimum absolute atomic E-state index is 0.0332. The van der Waals surface area contributed by atoms with Crippen LogP contribution in [0.15, 0.2) is 12.7 Å². The van der Waals surface area contributed by atoms with Gasteiger partial charge in [-0.25, -0.2) is 24.1 Å². The molecule has 0 saturated carbocycles. The fourth-order valence-electron chi connectivity index (χ4n) is 5.04. The van der Waals surface area contributed by atoms with Gasteiger partial charge in [0.15, 0.2) is 23.5 Å². The molecule has 7 atom stereocenters. The van der Waals surface area contributed by atoms with Gasteiger partial charge < -0.3 is 35.3 Å². The van der Waals surface area contributed by atoms with E-state index in [4.69, 9.17) is 19.5 Å². The average Bonchev–Trinajstić information content (AvgIpc) is 3.55. The van der Waals surface area contributed by atoms with Crippen LogP contribution in [-0.2, 0) is 41.6 Å². The van der Waals surface area contributed by atoms with Crippen molar-refractivity contribution in [1.29, 1.82) is 0 Å². The van der Waals surface area contributed by atoms with Gasteiger partial charge in [0.25, 0.3) is 0 Å². The second kappa shape index (κ2) is 16.9. The predicted molar refractivity (Wildman–Crippen MR) is 169 cm³/mol. The summed E-state index contributed by atoms with van der Waals surface area (Å²) in [7, 11) is -10.5. The number of nitrogens with zero attached hydrogens (tertiary/aromatic N) is 4. The van der Waals surface area contributed by atoms with E-state index in [9.17, 15) is 43.5 Å². The zero-order chi connectivity index (χ0) is 35.9. The van der Waals surface area contributed by atoms with E-state index in [0.717, 1.165) is 12.8 Å². The maximum absolute atomic E-state index is 12.6. The lowest BCUT2D eigenvalue weighted by molar-refractivity contribution is -0.134. The molecule has 48 heavy (non-hydrogen) atoms. The van der Waals surface area contributed by atoms with Crippen LogP contribution in [0.5, 0.6) is 0 Å². The number of aliphatic hydroxyl groups is 2. The number of carbonyl (C=O) groups excluding carboxylic acids is 3. The van der Waals surface area contributed by atoms with Gasteiger partial charge in [-0.1, -0.05) is 27.2 Å². The Kier molecular flexibility index (Phi) is 14.1. The number of aromatic nitrogens is 4. The Morgan fingerprint density at radius 2 is 1.67 bits per heavy atom. The summed E-state index contributed by atoms with van der Waals surface area (Å²) in [6, 6.07) is 0. The molecular formula is C28H45N5O13P2. The fraction of sp³-hybridized carbons (Fsp3) is 0.714. The van der Waals surface area contributed by atoms with Gasteiger partial charge in [-0.3, -0.25) is 23.2 Å². The van der Waals surface area contributed by atoms with Crippen LogP contribution < -0.4 is 5.73 Å². The van der Waals surface area contributed by atoms with Gasteiger partial charge in [-0.2, -0.15) is 4.31 Å². The molecule has 1 saturated heterocycles. The molecule has 1 aliphatic heterocycles. The Balaban J connectivity index is 1.44. The van der Waals surface area contributed by atoms with Gasteiger partial charge in [-0.15, -0.1) is 0 Å². The van der Waals surface area contributed by atoms with Crippen LogP contribution in [-0.4, -0.2) is 88.4 Å². The van der Waals surface area contributed by atoms with Crippen molar-refractivity contribution in [3.05, 3.63) is 12.7 Å². The predicted octanol–water partition coefficient (Wildman–Crippen LogP) is 2.79. The summed E-state index contributed by atoms with van der Waals surface area (Å²) < 4.78 is 46.4. The lowest BCUT2D eigenvalue weighted by atomic mass is 9.84. The Labute approximate surface area is 277 Å². The monoisotopic (exact) mass is 721 g/mol. The number of hydrogen-bond donors (Lipinski definition) is 5. The van der Waals surface area contributed by atoms with Crippen molar-refractivity contribution in [3.63, 3.8) is 0 Å². The smallest absolute Gasteiger partial charge is 0.388 e. The van der Waals surface area contributed by atoms with Gasteiger partial charge in [-0.05, 0) is 26.2 Å². The highest BCUT2D eigenvalue weighted by Gasteiger charge is 2.45. The first-order valence-corrected chi connectivity index (χ1v) is 18.5. The van der Waals surface area contributed by atoms with Crippen LogP contribution in [0.4, 0.5) is 5.82 Å². The molecule has 270 valence electrons. The van der Waals surface area contributed by atoms with E-state index in [1.54, 1.807) is 6.92 Å². The Bertz CT molecular complexity index is 1540. The first kappa shape index (κ1) is 39.9.